The van der Waals surface area contributed by atoms with E-state index in [1.165, 1.54) is 11.8 Å². The lowest BCUT2D eigenvalue weighted by Crippen LogP contribution is -2.29. The largest absolute Gasteiger partial charge is 0.507 e. The SMILES string of the molecule is CC1=CC=C(C(NCCN)c2c(O)c3ccccc3c3occ(C(=O)O)c23)C=C(OC(C)C)CC1. The predicted molar refractivity (Wildman–Crippen MR) is 138 cm³/mol. The van der Waals surface area contributed by atoms with Crippen LogP contribution in [0.1, 0.15) is 55.6 Å². The highest BCUT2D eigenvalue weighted by molar-refractivity contribution is 6.15. The monoisotopic (exact) mass is 476 g/mol. The lowest BCUT2D eigenvalue weighted by Gasteiger charge is -2.25. The molecule has 5 N–H and O–H groups in total. The van der Waals surface area contributed by atoms with Gasteiger partial charge in [0.1, 0.15) is 23.2 Å². The number of aromatic carboxylic acids is 1. The highest BCUT2D eigenvalue weighted by atomic mass is 16.5. The number of nitrogens with two attached hydrogens (primary N) is 1. The van der Waals surface area contributed by atoms with Gasteiger partial charge in [-0.25, -0.2) is 4.79 Å². The van der Waals surface area contributed by atoms with E-state index in [0.29, 0.717) is 40.4 Å². The number of carboxylic acids is 1. The molecule has 2 aromatic carbocycles. The maximum atomic E-state index is 12.2. The van der Waals surface area contributed by atoms with E-state index in [4.69, 9.17) is 14.9 Å². The van der Waals surface area contributed by atoms with Crippen LogP contribution < -0.4 is 11.1 Å². The quantitative estimate of drug-likeness (QED) is 0.336. The molecule has 0 fully saturated rings. The normalized spacial score (nSPS) is 15.4. The fourth-order valence-corrected chi connectivity index (χ4v) is 4.55. The summed E-state index contributed by atoms with van der Waals surface area (Å²) in [5.74, 6) is -0.283. The molecule has 0 radical (unpaired) electrons. The van der Waals surface area contributed by atoms with E-state index in [9.17, 15) is 15.0 Å². The van der Waals surface area contributed by atoms with E-state index in [0.717, 1.165) is 24.2 Å². The van der Waals surface area contributed by atoms with E-state index >= 15 is 0 Å². The van der Waals surface area contributed by atoms with Crippen molar-refractivity contribution in [1.29, 1.82) is 0 Å². The summed E-state index contributed by atoms with van der Waals surface area (Å²) in [7, 11) is 0. The molecular weight excluding hydrogens is 444 g/mol. The van der Waals surface area contributed by atoms with Gasteiger partial charge in [-0.3, -0.25) is 0 Å². The van der Waals surface area contributed by atoms with Crippen molar-refractivity contribution in [2.45, 2.75) is 45.8 Å². The average Bonchev–Trinajstić information content (AvgIpc) is 3.26. The number of allylic oxidation sites excluding steroid dienone is 4. The first kappa shape index (κ1) is 24.6. The zero-order valence-electron chi connectivity index (χ0n) is 20.3. The number of aromatic hydroxyl groups is 1. The summed E-state index contributed by atoms with van der Waals surface area (Å²) in [6.07, 6.45) is 8.90. The summed E-state index contributed by atoms with van der Waals surface area (Å²) in [6, 6.07) is 6.72. The Morgan fingerprint density at radius 1 is 1.20 bits per heavy atom. The Morgan fingerprint density at radius 2 is 1.94 bits per heavy atom. The molecule has 1 aliphatic rings. The highest BCUT2D eigenvalue weighted by Gasteiger charge is 2.29. The standard InChI is InChI=1S/C28H32N2O5/c1-16(2)35-19-11-9-17(3)8-10-18(14-19)25(30-13-12-29)24-23-22(28(32)33)15-34-27(23)21-7-5-4-6-20(21)26(24)31/h4-8,10,14-16,25,30-31H,9,11-13,29H2,1-3H3,(H,32,33). The smallest absolute Gasteiger partial charge is 0.339 e. The minimum absolute atomic E-state index is 0.00333. The number of fused-ring (bicyclic) bond motifs is 3. The lowest BCUT2D eigenvalue weighted by molar-refractivity contribution is 0.0698. The molecule has 0 amide bonds. The van der Waals surface area contributed by atoms with Crippen molar-refractivity contribution in [1.82, 2.24) is 5.32 Å². The third-order valence-electron chi connectivity index (χ3n) is 6.13. The molecule has 7 nitrogen and oxygen atoms in total. The highest BCUT2D eigenvalue weighted by Crippen LogP contribution is 2.45. The summed E-state index contributed by atoms with van der Waals surface area (Å²) in [5.41, 5.74) is 8.73. The fraction of sp³-hybridized carbons (Fsp3) is 0.321. The number of hydrogen-bond donors (Lipinski definition) is 4. The van der Waals surface area contributed by atoms with Gasteiger partial charge in [0.15, 0.2) is 0 Å². The van der Waals surface area contributed by atoms with Crippen LogP contribution >= 0.6 is 0 Å². The maximum Gasteiger partial charge on any atom is 0.339 e. The summed E-state index contributed by atoms with van der Waals surface area (Å²) in [4.78, 5) is 12.2. The first-order valence-corrected chi connectivity index (χ1v) is 11.9. The number of carboxylic acid groups (broad SMARTS) is 1. The molecule has 3 aromatic rings. The van der Waals surface area contributed by atoms with Gasteiger partial charge in [0.05, 0.1) is 17.9 Å². The van der Waals surface area contributed by atoms with Crippen molar-refractivity contribution < 1.29 is 24.2 Å². The van der Waals surface area contributed by atoms with Crippen molar-refractivity contribution in [2.75, 3.05) is 13.1 Å². The van der Waals surface area contributed by atoms with Crippen LogP contribution in [-0.2, 0) is 4.74 Å². The third kappa shape index (κ3) is 4.97. The van der Waals surface area contributed by atoms with Crippen molar-refractivity contribution in [3.63, 3.8) is 0 Å². The Morgan fingerprint density at radius 3 is 2.63 bits per heavy atom. The van der Waals surface area contributed by atoms with Crippen molar-refractivity contribution in [3.8, 4) is 5.75 Å². The molecule has 0 saturated carbocycles. The Balaban J connectivity index is 2.04. The van der Waals surface area contributed by atoms with Gasteiger partial charge in [-0.05, 0) is 38.8 Å². The molecule has 4 rings (SSSR count). The second-order valence-corrected chi connectivity index (χ2v) is 9.10. The molecule has 0 spiro atoms. The van der Waals surface area contributed by atoms with Crippen LogP contribution in [0.25, 0.3) is 21.7 Å². The maximum absolute atomic E-state index is 12.2. The number of benzene rings is 2. The van der Waals surface area contributed by atoms with Crippen LogP contribution in [0.4, 0.5) is 0 Å². The van der Waals surface area contributed by atoms with Gasteiger partial charge in [0.25, 0.3) is 0 Å². The van der Waals surface area contributed by atoms with Crippen LogP contribution in [0.2, 0.25) is 0 Å². The van der Waals surface area contributed by atoms with Crippen LogP contribution in [0.5, 0.6) is 5.75 Å². The number of furan rings is 1. The topological polar surface area (TPSA) is 118 Å². The summed E-state index contributed by atoms with van der Waals surface area (Å²) in [6.45, 7) is 6.86. The first-order valence-electron chi connectivity index (χ1n) is 11.9. The molecule has 1 unspecified atom stereocenters. The van der Waals surface area contributed by atoms with E-state index < -0.39 is 12.0 Å². The van der Waals surface area contributed by atoms with E-state index in [-0.39, 0.29) is 17.4 Å². The Hall–Kier alpha value is -3.55. The number of nitrogens with one attached hydrogen (secondary N) is 1. The number of rotatable bonds is 8. The predicted octanol–water partition coefficient (Wildman–Crippen LogP) is 5.55. The van der Waals surface area contributed by atoms with E-state index in [1.807, 2.05) is 44.2 Å². The average molecular weight is 477 g/mol. The first-order chi connectivity index (χ1) is 16.8. The molecule has 0 bridgehead atoms. The second-order valence-electron chi connectivity index (χ2n) is 9.10. The molecular formula is C28H32N2O5. The van der Waals surface area contributed by atoms with Gasteiger partial charge >= 0.3 is 5.97 Å². The molecule has 0 aliphatic heterocycles. The summed E-state index contributed by atoms with van der Waals surface area (Å²) < 4.78 is 11.9. The number of phenols is 1. The minimum Gasteiger partial charge on any atom is -0.507 e. The van der Waals surface area contributed by atoms with Gasteiger partial charge in [0.2, 0.25) is 0 Å². The van der Waals surface area contributed by atoms with Gasteiger partial charge < -0.3 is 30.4 Å². The van der Waals surface area contributed by atoms with Gasteiger partial charge in [-0.15, -0.1) is 0 Å². The molecule has 184 valence electrons. The fourth-order valence-electron chi connectivity index (χ4n) is 4.55. The molecule has 0 saturated heterocycles. The van der Waals surface area contributed by atoms with Crippen LogP contribution in [0.15, 0.2) is 70.1 Å². The Bertz CT molecular complexity index is 1350. The molecule has 1 aliphatic carbocycles. The number of ether oxygens (including phenoxy) is 1. The Labute approximate surface area is 204 Å². The second kappa shape index (κ2) is 10.4. The number of hydrogen-bond acceptors (Lipinski definition) is 6. The van der Waals surface area contributed by atoms with Crippen molar-refractivity contribution in [3.05, 3.63) is 76.8 Å². The third-order valence-corrected chi connectivity index (χ3v) is 6.13. The lowest BCUT2D eigenvalue weighted by atomic mass is 9.88. The van der Waals surface area contributed by atoms with Gasteiger partial charge in [-0.2, -0.15) is 0 Å². The van der Waals surface area contributed by atoms with Gasteiger partial charge in [0, 0.05) is 41.2 Å². The van der Waals surface area contributed by atoms with Crippen molar-refractivity contribution in [2.24, 2.45) is 5.73 Å². The molecule has 35 heavy (non-hydrogen) atoms. The summed E-state index contributed by atoms with van der Waals surface area (Å²) >= 11 is 0. The molecule has 1 atom stereocenters. The van der Waals surface area contributed by atoms with Crippen LogP contribution in [0, 0.1) is 0 Å². The molecule has 1 heterocycles. The summed E-state index contributed by atoms with van der Waals surface area (Å²) in [5, 5.41) is 26.5. The van der Waals surface area contributed by atoms with Crippen LogP contribution in [-0.4, -0.2) is 35.4 Å². The molecule has 7 heteroatoms. The van der Waals surface area contributed by atoms with E-state index in [2.05, 4.69) is 18.3 Å². The van der Waals surface area contributed by atoms with Crippen molar-refractivity contribution >= 4 is 27.7 Å². The Kier molecular flexibility index (Phi) is 7.28. The van der Waals surface area contributed by atoms with Crippen LogP contribution in [0.3, 0.4) is 0 Å². The minimum atomic E-state index is -1.13. The zero-order chi connectivity index (χ0) is 25.1. The number of carbonyl (C=O) groups is 1. The van der Waals surface area contributed by atoms with Gasteiger partial charge in [-0.1, -0.05) is 42.0 Å². The number of phenolic OH excluding ortho intramolecular Hbond substituents is 1. The zero-order valence-corrected chi connectivity index (χ0v) is 20.3. The van der Waals surface area contributed by atoms with E-state index in [1.54, 1.807) is 6.07 Å². The molecule has 1 aromatic heterocycles.